The van der Waals surface area contributed by atoms with E-state index in [1.54, 1.807) is 7.05 Å². The summed E-state index contributed by atoms with van der Waals surface area (Å²) in [7, 11) is 1.77. The van der Waals surface area contributed by atoms with Crippen LogP contribution >= 0.6 is 24.0 Å². The van der Waals surface area contributed by atoms with Gasteiger partial charge in [-0.2, -0.15) is 0 Å². The first-order valence-corrected chi connectivity index (χ1v) is 8.29. The van der Waals surface area contributed by atoms with Crippen LogP contribution in [0.1, 0.15) is 30.0 Å². The van der Waals surface area contributed by atoms with Crippen molar-refractivity contribution in [3.8, 4) is 5.88 Å². The second kappa shape index (κ2) is 11.7. The van der Waals surface area contributed by atoms with Crippen LogP contribution in [0.5, 0.6) is 5.88 Å². The van der Waals surface area contributed by atoms with Crippen LogP contribution in [0.25, 0.3) is 0 Å². The Balaban J connectivity index is 0.00000312. The monoisotopic (exact) mass is 454 g/mol. The predicted molar refractivity (Wildman–Crippen MR) is 114 cm³/mol. The summed E-state index contributed by atoms with van der Waals surface area (Å²) in [6.45, 7) is 6.27. The third-order valence-electron chi connectivity index (χ3n) is 3.48. The van der Waals surface area contributed by atoms with Crippen LogP contribution in [0, 0.1) is 6.92 Å². The van der Waals surface area contributed by atoms with Crippen molar-refractivity contribution in [2.45, 2.75) is 33.4 Å². The van der Waals surface area contributed by atoms with Crippen molar-refractivity contribution in [3.63, 3.8) is 0 Å². The first-order chi connectivity index (χ1) is 11.7. The van der Waals surface area contributed by atoms with Gasteiger partial charge in [0, 0.05) is 32.4 Å². The quantitative estimate of drug-likeness (QED) is 0.381. The average molecular weight is 454 g/mol. The summed E-state index contributed by atoms with van der Waals surface area (Å²) in [6.07, 6.45) is 2.81. The van der Waals surface area contributed by atoms with Gasteiger partial charge in [0.25, 0.3) is 0 Å². The van der Waals surface area contributed by atoms with Crippen LogP contribution in [0.15, 0.2) is 47.6 Å². The van der Waals surface area contributed by atoms with Crippen LogP contribution in [-0.4, -0.2) is 24.6 Å². The average Bonchev–Trinajstić information content (AvgIpc) is 2.61. The minimum atomic E-state index is 0. The predicted octanol–water partition coefficient (Wildman–Crippen LogP) is 3.66. The normalized spacial score (nSPS) is 10.8. The topological polar surface area (TPSA) is 58.5 Å². The molecule has 25 heavy (non-hydrogen) atoms. The molecule has 0 aliphatic heterocycles. The third kappa shape index (κ3) is 7.72. The van der Waals surface area contributed by atoms with Gasteiger partial charge in [-0.05, 0) is 24.5 Å². The lowest BCUT2D eigenvalue weighted by Crippen LogP contribution is -2.36. The van der Waals surface area contributed by atoms with Gasteiger partial charge in [-0.25, -0.2) is 4.98 Å². The molecule has 0 unspecified atom stereocenters. The number of halogens is 1. The number of ether oxygens (including phenoxy) is 1. The number of guanidine groups is 1. The van der Waals surface area contributed by atoms with Gasteiger partial charge in [-0.15, -0.1) is 24.0 Å². The van der Waals surface area contributed by atoms with Gasteiger partial charge in [0.1, 0.15) is 0 Å². The Morgan fingerprint density at radius 2 is 1.88 bits per heavy atom. The molecule has 0 amide bonds. The number of pyridine rings is 1. The van der Waals surface area contributed by atoms with Crippen molar-refractivity contribution < 1.29 is 4.74 Å². The molecule has 1 aromatic heterocycles. The Kier molecular flexibility index (Phi) is 9.91. The first-order valence-electron chi connectivity index (χ1n) is 8.29. The van der Waals surface area contributed by atoms with E-state index in [0.717, 1.165) is 24.5 Å². The summed E-state index contributed by atoms with van der Waals surface area (Å²) in [5, 5.41) is 6.61. The maximum absolute atomic E-state index is 5.49. The molecule has 0 spiro atoms. The van der Waals surface area contributed by atoms with Crippen LogP contribution in [0.4, 0.5) is 0 Å². The highest BCUT2D eigenvalue weighted by Crippen LogP contribution is 2.08. The SMILES string of the molecule is CCCOc1ccc(CNC(=NC)NCc2cccc(C)c2)cn1.I. The molecule has 0 saturated heterocycles. The number of nitrogens with zero attached hydrogens (tertiary/aromatic N) is 2. The molecule has 2 N–H and O–H groups in total. The van der Waals surface area contributed by atoms with Crippen LogP contribution in [0.2, 0.25) is 0 Å². The van der Waals surface area contributed by atoms with E-state index in [0.29, 0.717) is 19.0 Å². The molecule has 0 atom stereocenters. The fraction of sp³-hybridized carbons (Fsp3) is 0.368. The van der Waals surface area contributed by atoms with Crippen LogP contribution in [-0.2, 0) is 13.1 Å². The highest BCUT2D eigenvalue weighted by Gasteiger charge is 2.01. The fourth-order valence-electron chi connectivity index (χ4n) is 2.22. The van der Waals surface area contributed by atoms with Crippen molar-refractivity contribution in [1.29, 1.82) is 0 Å². The zero-order valence-corrected chi connectivity index (χ0v) is 17.4. The molecule has 0 fully saturated rings. The van der Waals surface area contributed by atoms with E-state index in [4.69, 9.17) is 4.74 Å². The largest absolute Gasteiger partial charge is 0.478 e. The molecular formula is C19H27IN4O. The molecule has 0 aliphatic carbocycles. The van der Waals surface area contributed by atoms with Gasteiger partial charge in [0.15, 0.2) is 5.96 Å². The summed E-state index contributed by atoms with van der Waals surface area (Å²) in [6, 6.07) is 12.3. The summed E-state index contributed by atoms with van der Waals surface area (Å²) < 4.78 is 5.49. The van der Waals surface area contributed by atoms with Gasteiger partial charge in [-0.3, -0.25) is 4.99 Å². The molecule has 0 aliphatic rings. The maximum Gasteiger partial charge on any atom is 0.213 e. The van der Waals surface area contributed by atoms with E-state index >= 15 is 0 Å². The lowest BCUT2D eigenvalue weighted by molar-refractivity contribution is 0.305. The second-order valence-electron chi connectivity index (χ2n) is 5.62. The molecule has 2 aromatic rings. The van der Waals surface area contributed by atoms with Crippen LogP contribution in [0.3, 0.4) is 0 Å². The van der Waals surface area contributed by atoms with E-state index in [9.17, 15) is 0 Å². The smallest absolute Gasteiger partial charge is 0.213 e. The summed E-state index contributed by atoms with van der Waals surface area (Å²) in [5.74, 6) is 1.44. The highest BCUT2D eigenvalue weighted by atomic mass is 127. The molecule has 1 aromatic carbocycles. The second-order valence-corrected chi connectivity index (χ2v) is 5.62. The molecule has 5 nitrogen and oxygen atoms in total. The zero-order chi connectivity index (χ0) is 17.2. The minimum absolute atomic E-state index is 0. The van der Waals surface area contributed by atoms with Gasteiger partial charge >= 0.3 is 0 Å². The summed E-state index contributed by atoms with van der Waals surface area (Å²) in [5.41, 5.74) is 3.57. The van der Waals surface area contributed by atoms with Crippen molar-refractivity contribution in [2.24, 2.45) is 4.99 Å². The number of hydrogen-bond donors (Lipinski definition) is 2. The first kappa shape index (κ1) is 21.2. The van der Waals surface area contributed by atoms with Crippen LogP contribution < -0.4 is 15.4 Å². The Bertz CT molecular complexity index is 659. The Hall–Kier alpha value is -1.83. The fourth-order valence-corrected chi connectivity index (χ4v) is 2.22. The van der Waals surface area contributed by atoms with E-state index in [1.165, 1.54) is 11.1 Å². The molecule has 6 heteroatoms. The zero-order valence-electron chi connectivity index (χ0n) is 15.1. The number of aliphatic imine (C=N–C) groups is 1. The van der Waals surface area contributed by atoms with Gasteiger partial charge < -0.3 is 15.4 Å². The number of rotatable bonds is 7. The van der Waals surface area contributed by atoms with E-state index < -0.39 is 0 Å². The third-order valence-corrected chi connectivity index (χ3v) is 3.48. The molecule has 1 heterocycles. The van der Waals surface area contributed by atoms with E-state index in [1.807, 2.05) is 18.3 Å². The number of benzene rings is 1. The van der Waals surface area contributed by atoms with E-state index in [2.05, 4.69) is 58.7 Å². The lowest BCUT2D eigenvalue weighted by Gasteiger charge is -2.12. The number of aromatic nitrogens is 1. The molecule has 2 rings (SSSR count). The highest BCUT2D eigenvalue weighted by molar-refractivity contribution is 14.0. The molecule has 136 valence electrons. The van der Waals surface area contributed by atoms with Gasteiger partial charge in [0.2, 0.25) is 5.88 Å². The molecule has 0 saturated carbocycles. The van der Waals surface area contributed by atoms with E-state index in [-0.39, 0.29) is 24.0 Å². The Labute approximate surface area is 167 Å². The molecule has 0 bridgehead atoms. The number of nitrogens with one attached hydrogen (secondary N) is 2. The van der Waals surface area contributed by atoms with Gasteiger partial charge in [-0.1, -0.05) is 42.8 Å². The Morgan fingerprint density at radius 1 is 1.12 bits per heavy atom. The summed E-state index contributed by atoms with van der Waals surface area (Å²) in [4.78, 5) is 8.55. The van der Waals surface area contributed by atoms with Gasteiger partial charge in [0.05, 0.1) is 6.61 Å². The lowest BCUT2D eigenvalue weighted by atomic mass is 10.1. The number of aryl methyl sites for hydroxylation is 1. The standard InChI is InChI=1S/C19H26N4O.HI/c1-4-10-24-18-9-8-17(13-21-18)14-23-19(20-3)22-12-16-7-5-6-15(2)11-16;/h5-9,11,13H,4,10,12,14H2,1-3H3,(H2,20,22,23);1H. The van der Waals surface area contributed by atoms with Crippen molar-refractivity contribution >= 4 is 29.9 Å². The minimum Gasteiger partial charge on any atom is -0.478 e. The molecular weight excluding hydrogens is 427 g/mol. The number of hydrogen-bond acceptors (Lipinski definition) is 3. The Morgan fingerprint density at radius 3 is 2.48 bits per heavy atom. The molecule has 0 radical (unpaired) electrons. The summed E-state index contributed by atoms with van der Waals surface area (Å²) >= 11 is 0. The van der Waals surface area contributed by atoms with Crippen molar-refractivity contribution in [1.82, 2.24) is 15.6 Å². The maximum atomic E-state index is 5.49. The van der Waals surface area contributed by atoms with Crippen molar-refractivity contribution in [2.75, 3.05) is 13.7 Å². The van der Waals surface area contributed by atoms with Crippen molar-refractivity contribution in [3.05, 3.63) is 59.3 Å².